The minimum Gasteiger partial charge on any atom is -0.360 e. The number of hydrogen-bond acceptors (Lipinski definition) is 8. The number of ketones is 1. The first-order valence-electron chi connectivity index (χ1n) is 8.32. The van der Waals surface area contributed by atoms with Crippen LogP contribution in [0, 0.1) is 0 Å². The standard InChI is InChI=1S/C17H16N4O5S/c1-10(22)12-3-2-4-13(7-12)27(23,24)18-9-16-19-17(21-26-16)14-8-15(25-20-14)11-5-6-11/h2-4,7-8,11,18H,5-6,9H2,1H3. The summed E-state index contributed by atoms with van der Waals surface area (Å²) in [5.74, 6) is 1.31. The van der Waals surface area contributed by atoms with Crippen LogP contribution in [0.25, 0.3) is 11.5 Å². The molecule has 1 N–H and O–H groups in total. The van der Waals surface area contributed by atoms with Crippen molar-refractivity contribution in [1.82, 2.24) is 20.0 Å². The minimum absolute atomic E-state index is 0.0134. The normalized spacial score (nSPS) is 14.4. The topological polar surface area (TPSA) is 128 Å². The van der Waals surface area contributed by atoms with Crippen LogP contribution >= 0.6 is 0 Å². The molecule has 0 aliphatic heterocycles. The zero-order valence-electron chi connectivity index (χ0n) is 14.4. The third-order valence-electron chi connectivity index (χ3n) is 4.17. The zero-order valence-corrected chi connectivity index (χ0v) is 15.2. The maximum Gasteiger partial charge on any atom is 0.242 e. The molecule has 0 unspecified atom stereocenters. The van der Waals surface area contributed by atoms with E-state index >= 15 is 0 Å². The highest BCUT2D eigenvalue weighted by molar-refractivity contribution is 7.89. The van der Waals surface area contributed by atoms with Crippen LogP contribution in [-0.2, 0) is 16.6 Å². The number of rotatable bonds is 7. The molecule has 10 heteroatoms. The Morgan fingerprint density at radius 1 is 1.22 bits per heavy atom. The van der Waals surface area contributed by atoms with Crippen LogP contribution in [0.5, 0.6) is 0 Å². The van der Waals surface area contributed by atoms with Gasteiger partial charge in [-0.05, 0) is 31.9 Å². The highest BCUT2D eigenvalue weighted by atomic mass is 32.2. The molecule has 0 radical (unpaired) electrons. The number of benzene rings is 1. The Balaban J connectivity index is 1.46. The number of carbonyl (C=O) groups is 1. The van der Waals surface area contributed by atoms with Gasteiger partial charge in [-0.15, -0.1) is 0 Å². The van der Waals surface area contributed by atoms with E-state index in [1.807, 2.05) is 0 Å². The van der Waals surface area contributed by atoms with E-state index in [9.17, 15) is 13.2 Å². The van der Waals surface area contributed by atoms with Gasteiger partial charge in [-0.3, -0.25) is 4.79 Å². The molecule has 1 aromatic carbocycles. The maximum atomic E-state index is 12.4. The fourth-order valence-corrected chi connectivity index (χ4v) is 3.53. The van der Waals surface area contributed by atoms with Crippen LogP contribution in [0.15, 0.2) is 44.3 Å². The largest absolute Gasteiger partial charge is 0.360 e. The molecule has 1 aliphatic rings. The summed E-state index contributed by atoms with van der Waals surface area (Å²) in [5.41, 5.74) is 0.763. The van der Waals surface area contributed by atoms with E-state index in [-0.39, 0.29) is 28.9 Å². The van der Waals surface area contributed by atoms with Crippen LogP contribution < -0.4 is 4.72 Å². The van der Waals surface area contributed by atoms with Gasteiger partial charge in [-0.1, -0.05) is 22.4 Å². The van der Waals surface area contributed by atoms with Crippen molar-refractivity contribution in [3.63, 3.8) is 0 Å². The lowest BCUT2D eigenvalue weighted by atomic mass is 10.2. The van der Waals surface area contributed by atoms with Crippen molar-refractivity contribution < 1.29 is 22.3 Å². The molecule has 1 fully saturated rings. The first kappa shape index (κ1) is 17.6. The van der Waals surface area contributed by atoms with Gasteiger partial charge in [0.2, 0.25) is 21.7 Å². The van der Waals surface area contributed by atoms with Crippen molar-refractivity contribution >= 4 is 15.8 Å². The molecular weight excluding hydrogens is 372 g/mol. The van der Waals surface area contributed by atoms with Crippen molar-refractivity contribution in [2.45, 2.75) is 37.1 Å². The Morgan fingerprint density at radius 2 is 2.04 bits per heavy atom. The van der Waals surface area contributed by atoms with Crippen molar-refractivity contribution in [2.75, 3.05) is 0 Å². The predicted molar refractivity (Wildman–Crippen MR) is 92.2 cm³/mol. The fraction of sp³-hybridized carbons (Fsp3) is 0.294. The summed E-state index contributed by atoms with van der Waals surface area (Å²) in [6.45, 7) is 1.19. The van der Waals surface area contributed by atoms with E-state index in [1.165, 1.54) is 25.1 Å². The summed E-state index contributed by atoms with van der Waals surface area (Å²) in [7, 11) is -3.83. The van der Waals surface area contributed by atoms with E-state index in [2.05, 4.69) is 20.0 Å². The van der Waals surface area contributed by atoms with E-state index < -0.39 is 10.0 Å². The summed E-state index contributed by atoms with van der Waals surface area (Å²) in [6, 6.07) is 7.56. The average Bonchev–Trinajstić information content (AvgIpc) is 3.19. The summed E-state index contributed by atoms with van der Waals surface area (Å²) >= 11 is 0. The molecule has 1 saturated carbocycles. The Labute approximate surface area is 154 Å². The van der Waals surface area contributed by atoms with E-state index in [0.29, 0.717) is 17.2 Å². The van der Waals surface area contributed by atoms with Gasteiger partial charge in [-0.2, -0.15) is 4.98 Å². The Morgan fingerprint density at radius 3 is 2.78 bits per heavy atom. The summed E-state index contributed by atoms with van der Waals surface area (Å²) in [5, 5.41) is 7.72. The number of carbonyl (C=O) groups excluding carboxylic acids is 1. The highest BCUT2D eigenvalue weighted by Gasteiger charge is 2.28. The van der Waals surface area contributed by atoms with Crippen molar-refractivity contribution in [1.29, 1.82) is 0 Å². The minimum atomic E-state index is -3.83. The Bertz CT molecular complexity index is 1100. The van der Waals surface area contributed by atoms with Crippen LogP contribution in [0.3, 0.4) is 0 Å². The lowest BCUT2D eigenvalue weighted by molar-refractivity contribution is 0.101. The van der Waals surface area contributed by atoms with Gasteiger partial charge in [0.1, 0.15) is 5.76 Å². The predicted octanol–water partition coefficient (Wildman–Crippen LogP) is 2.28. The van der Waals surface area contributed by atoms with E-state index in [1.54, 1.807) is 12.1 Å². The zero-order chi connectivity index (χ0) is 19.0. The molecule has 1 aliphatic carbocycles. The van der Waals surface area contributed by atoms with Crippen LogP contribution in [0.2, 0.25) is 0 Å². The molecule has 3 aromatic rings. The molecule has 0 saturated heterocycles. The second-order valence-electron chi connectivity index (χ2n) is 6.31. The van der Waals surface area contributed by atoms with Crippen LogP contribution in [0.1, 0.15) is 47.7 Å². The highest BCUT2D eigenvalue weighted by Crippen LogP contribution is 2.40. The molecule has 2 heterocycles. The monoisotopic (exact) mass is 388 g/mol. The van der Waals surface area contributed by atoms with Gasteiger partial charge in [0, 0.05) is 17.5 Å². The summed E-state index contributed by atoms with van der Waals surface area (Å²) < 4.78 is 37.5. The van der Waals surface area contributed by atoms with Crippen LogP contribution in [-0.4, -0.2) is 29.5 Å². The first-order valence-corrected chi connectivity index (χ1v) is 9.81. The van der Waals surface area contributed by atoms with Crippen molar-refractivity contribution in [2.24, 2.45) is 0 Å². The average molecular weight is 388 g/mol. The van der Waals surface area contributed by atoms with E-state index in [0.717, 1.165) is 18.6 Å². The number of nitrogens with one attached hydrogen (secondary N) is 1. The second-order valence-corrected chi connectivity index (χ2v) is 8.08. The van der Waals surface area contributed by atoms with E-state index in [4.69, 9.17) is 9.05 Å². The first-order chi connectivity index (χ1) is 12.9. The lowest BCUT2D eigenvalue weighted by Gasteiger charge is -2.05. The number of Topliss-reactive ketones (excluding diaryl/α,β-unsaturated/α-hetero) is 1. The lowest BCUT2D eigenvalue weighted by Crippen LogP contribution is -2.23. The second kappa shape index (κ2) is 6.71. The van der Waals surface area contributed by atoms with Gasteiger partial charge in [0.25, 0.3) is 0 Å². The van der Waals surface area contributed by atoms with Gasteiger partial charge >= 0.3 is 0 Å². The molecule has 0 amide bonds. The summed E-state index contributed by atoms with van der Waals surface area (Å²) in [4.78, 5) is 15.5. The van der Waals surface area contributed by atoms with Crippen molar-refractivity contribution in [3.8, 4) is 11.5 Å². The Kier molecular flexibility index (Phi) is 4.36. The third kappa shape index (κ3) is 3.81. The smallest absolute Gasteiger partial charge is 0.242 e. The number of aromatic nitrogens is 3. The molecule has 0 atom stereocenters. The van der Waals surface area contributed by atoms with Gasteiger partial charge in [0.05, 0.1) is 11.4 Å². The van der Waals surface area contributed by atoms with Crippen LogP contribution in [0.4, 0.5) is 0 Å². The molecular formula is C17H16N4O5S. The molecule has 27 heavy (non-hydrogen) atoms. The van der Waals surface area contributed by atoms with Crippen molar-refractivity contribution in [3.05, 3.63) is 47.5 Å². The molecule has 140 valence electrons. The molecule has 0 bridgehead atoms. The molecule has 2 aromatic heterocycles. The SMILES string of the molecule is CC(=O)c1cccc(S(=O)(=O)NCc2nc(-c3cc(C4CC4)on3)no2)c1. The maximum absolute atomic E-state index is 12.4. The molecule has 9 nitrogen and oxygen atoms in total. The molecule has 4 rings (SSSR count). The van der Waals surface area contributed by atoms with Gasteiger partial charge in [-0.25, -0.2) is 13.1 Å². The molecule has 0 spiro atoms. The van der Waals surface area contributed by atoms with Gasteiger partial charge in [0.15, 0.2) is 11.5 Å². The Hall–Kier alpha value is -2.85. The van der Waals surface area contributed by atoms with Gasteiger partial charge < -0.3 is 9.05 Å². The number of hydrogen-bond donors (Lipinski definition) is 1. The fourth-order valence-electron chi connectivity index (χ4n) is 2.51. The third-order valence-corrected chi connectivity index (χ3v) is 5.57. The number of nitrogens with zero attached hydrogens (tertiary/aromatic N) is 3. The summed E-state index contributed by atoms with van der Waals surface area (Å²) in [6.07, 6.45) is 2.16. The quantitative estimate of drug-likeness (QED) is 0.611. The number of sulfonamides is 1.